The van der Waals surface area contributed by atoms with Crippen LogP contribution in [-0.2, 0) is 9.47 Å². The predicted octanol–water partition coefficient (Wildman–Crippen LogP) is 4.93. The number of aromatic nitrogens is 1. The molecule has 38 heavy (non-hydrogen) atoms. The molecule has 208 valence electrons. The number of rotatable bonds is 8. The van der Waals surface area contributed by atoms with Crippen molar-refractivity contribution in [2.75, 3.05) is 33.4 Å². The monoisotopic (exact) mass is 529 g/mol. The second-order valence-corrected chi connectivity index (χ2v) is 10.3. The van der Waals surface area contributed by atoms with Crippen LogP contribution in [-0.4, -0.2) is 66.9 Å². The summed E-state index contributed by atoms with van der Waals surface area (Å²) in [7, 11) is 1.77. The Morgan fingerprint density at radius 1 is 1.37 bits per heavy atom. The van der Waals surface area contributed by atoms with Crippen LogP contribution in [0.5, 0.6) is 5.88 Å². The largest absolute Gasteiger partial charge is 0.474 e. The summed E-state index contributed by atoms with van der Waals surface area (Å²) in [5.41, 5.74) is 2.15. The molecule has 2 N–H and O–H groups in total. The summed E-state index contributed by atoms with van der Waals surface area (Å²) in [5, 5.41) is 5.80. The zero-order valence-electron chi connectivity index (χ0n) is 23.3. The van der Waals surface area contributed by atoms with Crippen molar-refractivity contribution in [3.8, 4) is 5.88 Å². The van der Waals surface area contributed by atoms with E-state index in [2.05, 4.69) is 33.6 Å². The van der Waals surface area contributed by atoms with E-state index in [4.69, 9.17) is 14.2 Å². The van der Waals surface area contributed by atoms with Crippen molar-refractivity contribution < 1.29 is 23.4 Å². The van der Waals surface area contributed by atoms with E-state index in [0.29, 0.717) is 24.9 Å². The highest BCUT2D eigenvalue weighted by molar-refractivity contribution is 6.00. The van der Waals surface area contributed by atoms with Gasteiger partial charge in [0.1, 0.15) is 17.5 Å². The maximum atomic E-state index is 14.9. The molecular formula is C28H40FN5O4. The molecule has 1 aromatic rings. The van der Waals surface area contributed by atoms with Gasteiger partial charge in [-0.15, -0.1) is 0 Å². The van der Waals surface area contributed by atoms with Crippen LogP contribution < -0.4 is 15.4 Å². The van der Waals surface area contributed by atoms with E-state index in [9.17, 15) is 9.18 Å². The number of nitrogens with one attached hydrogen (secondary N) is 2. The summed E-state index contributed by atoms with van der Waals surface area (Å²) in [6.07, 6.45) is 7.07. The number of ether oxygens (including phenoxy) is 3. The molecule has 1 saturated heterocycles. The Hall–Kier alpha value is -3.40. The summed E-state index contributed by atoms with van der Waals surface area (Å²) >= 11 is 0. The molecule has 2 aliphatic rings. The van der Waals surface area contributed by atoms with E-state index in [1.807, 2.05) is 19.1 Å². The van der Waals surface area contributed by atoms with Crippen LogP contribution in [0.1, 0.15) is 59.4 Å². The lowest BCUT2D eigenvalue weighted by Gasteiger charge is -2.29. The van der Waals surface area contributed by atoms with Crippen molar-refractivity contribution in [3.63, 3.8) is 0 Å². The number of pyridine rings is 1. The highest BCUT2D eigenvalue weighted by Crippen LogP contribution is 2.32. The van der Waals surface area contributed by atoms with E-state index in [0.717, 1.165) is 36.0 Å². The van der Waals surface area contributed by atoms with Gasteiger partial charge in [0.05, 0.1) is 19.8 Å². The van der Waals surface area contributed by atoms with E-state index >= 15 is 0 Å². The van der Waals surface area contributed by atoms with Gasteiger partial charge in [-0.1, -0.05) is 18.6 Å². The molecule has 3 heterocycles. The summed E-state index contributed by atoms with van der Waals surface area (Å²) in [4.78, 5) is 22.5. The van der Waals surface area contributed by atoms with E-state index in [1.165, 1.54) is 6.20 Å². The summed E-state index contributed by atoms with van der Waals surface area (Å²) in [6.45, 7) is 11.2. The SMILES string of the molecule is CCC(C)=C/C(=C1/NC(=NCCNC(=O)OC(C)(C)C)C(F)=CN1C)c1cccnc1OC1CCOCC1. The van der Waals surface area contributed by atoms with Crippen LogP contribution in [0.15, 0.2) is 52.8 Å². The molecule has 0 radical (unpaired) electrons. The van der Waals surface area contributed by atoms with Crippen molar-refractivity contribution in [2.24, 2.45) is 4.99 Å². The molecule has 0 aliphatic carbocycles. The Kier molecular flexibility index (Phi) is 10.3. The Balaban J connectivity index is 1.89. The van der Waals surface area contributed by atoms with Gasteiger partial charge in [0.2, 0.25) is 5.88 Å². The highest BCUT2D eigenvalue weighted by Gasteiger charge is 2.25. The van der Waals surface area contributed by atoms with Crippen molar-refractivity contribution in [2.45, 2.75) is 65.6 Å². The van der Waals surface area contributed by atoms with Gasteiger partial charge in [-0.25, -0.2) is 14.2 Å². The quantitative estimate of drug-likeness (QED) is 0.461. The van der Waals surface area contributed by atoms with Crippen LogP contribution in [0, 0.1) is 0 Å². The van der Waals surface area contributed by atoms with E-state index in [1.54, 1.807) is 38.9 Å². The van der Waals surface area contributed by atoms with Crippen molar-refractivity contribution in [3.05, 3.63) is 53.4 Å². The number of halogens is 1. The number of carbonyl (C=O) groups excluding carboxylic acids is 1. The lowest BCUT2D eigenvalue weighted by atomic mass is 10.0. The minimum absolute atomic E-state index is 0.0175. The predicted molar refractivity (Wildman–Crippen MR) is 146 cm³/mol. The maximum absolute atomic E-state index is 14.9. The van der Waals surface area contributed by atoms with Crippen LogP contribution in [0.25, 0.3) is 5.57 Å². The second kappa shape index (κ2) is 13.4. The van der Waals surface area contributed by atoms with Gasteiger partial charge in [0.25, 0.3) is 0 Å². The molecule has 0 aromatic carbocycles. The Labute approximate surface area is 224 Å². The zero-order valence-corrected chi connectivity index (χ0v) is 23.3. The van der Waals surface area contributed by atoms with Gasteiger partial charge < -0.3 is 29.7 Å². The maximum Gasteiger partial charge on any atom is 0.407 e. The molecule has 0 bridgehead atoms. The number of aliphatic imine (C=N–C) groups is 1. The van der Waals surface area contributed by atoms with Crippen molar-refractivity contribution in [1.29, 1.82) is 0 Å². The fourth-order valence-corrected chi connectivity index (χ4v) is 3.83. The van der Waals surface area contributed by atoms with Crippen LogP contribution in [0.4, 0.5) is 9.18 Å². The molecule has 2 aliphatic heterocycles. The van der Waals surface area contributed by atoms with Gasteiger partial charge >= 0.3 is 6.09 Å². The average Bonchev–Trinajstić information content (AvgIpc) is 2.86. The lowest BCUT2D eigenvalue weighted by molar-refractivity contribution is 0.0236. The topological polar surface area (TPSA) is 97.3 Å². The van der Waals surface area contributed by atoms with Gasteiger partial charge in [-0.05, 0) is 46.2 Å². The van der Waals surface area contributed by atoms with Crippen molar-refractivity contribution in [1.82, 2.24) is 20.5 Å². The minimum Gasteiger partial charge on any atom is -0.474 e. The van der Waals surface area contributed by atoms with Crippen LogP contribution in [0.3, 0.4) is 0 Å². The van der Waals surface area contributed by atoms with Gasteiger partial charge in [0.15, 0.2) is 11.7 Å². The fraction of sp³-hybridized carbons (Fsp3) is 0.536. The number of hydrogen-bond acceptors (Lipinski definition) is 7. The standard InChI is InChI=1S/C28H40FN5O4/c1-7-19(2)17-22(21-9-8-12-31-26(21)37-20-10-15-36-16-11-20)25-33-24(23(29)18-34(25)6)30-13-14-32-27(35)38-28(3,4)5/h8-9,12,17-18,20H,7,10-11,13-16H2,1-6H3,(H,30,33)(H,32,35)/b19-17?,25-22+. The van der Waals surface area contributed by atoms with Gasteiger partial charge in [0, 0.05) is 50.0 Å². The third-order valence-corrected chi connectivity index (χ3v) is 5.88. The van der Waals surface area contributed by atoms with Crippen LogP contribution in [0.2, 0.25) is 0 Å². The number of amides is 1. The molecule has 0 saturated carbocycles. The number of amidine groups is 1. The summed E-state index contributed by atoms with van der Waals surface area (Å²) in [5.74, 6) is 0.740. The number of carbonyl (C=O) groups is 1. The molecular weight excluding hydrogens is 489 g/mol. The number of alkyl carbamates (subject to hydrolysis) is 1. The first kappa shape index (κ1) is 29.2. The Morgan fingerprint density at radius 3 is 2.79 bits per heavy atom. The van der Waals surface area contributed by atoms with E-state index in [-0.39, 0.29) is 25.0 Å². The molecule has 0 unspecified atom stereocenters. The third-order valence-electron chi connectivity index (χ3n) is 5.88. The minimum atomic E-state index is -0.597. The summed E-state index contributed by atoms with van der Waals surface area (Å²) < 4.78 is 31.9. The number of allylic oxidation sites excluding steroid dienone is 3. The normalized spacial score (nSPS) is 19.6. The van der Waals surface area contributed by atoms with Gasteiger partial charge in [-0.2, -0.15) is 0 Å². The third kappa shape index (κ3) is 8.58. The highest BCUT2D eigenvalue weighted by atomic mass is 19.1. The second-order valence-electron chi connectivity index (χ2n) is 10.3. The van der Waals surface area contributed by atoms with Gasteiger partial charge in [-0.3, -0.25) is 4.99 Å². The molecule has 3 rings (SSSR count). The molecule has 10 heteroatoms. The molecule has 0 spiro atoms. The fourth-order valence-electron chi connectivity index (χ4n) is 3.83. The number of hydrogen-bond donors (Lipinski definition) is 2. The molecule has 1 aromatic heterocycles. The zero-order chi connectivity index (χ0) is 27.7. The Bertz CT molecular complexity index is 1100. The van der Waals surface area contributed by atoms with Crippen LogP contribution >= 0.6 is 0 Å². The molecule has 0 atom stereocenters. The first-order valence-electron chi connectivity index (χ1n) is 13.1. The Morgan fingerprint density at radius 2 is 2.11 bits per heavy atom. The molecule has 1 amide bonds. The van der Waals surface area contributed by atoms with Crippen molar-refractivity contribution >= 4 is 17.5 Å². The molecule has 1 fully saturated rings. The first-order chi connectivity index (χ1) is 18.1. The molecule has 9 nitrogen and oxygen atoms in total. The number of nitrogens with zero attached hydrogens (tertiary/aromatic N) is 3. The summed E-state index contributed by atoms with van der Waals surface area (Å²) in [6, 6.07) is 3.81. The smallest absolute Gasteiger partial charge is 0.407 e. The first-order valence-corrected chi connectivity index (χ1v) is 13.1. The van der Waals surface area contributed by atoms with E-state index < -0.39 is 17.5 Å². The average molecular weight is 530 g/mol. The lowest BCUT2D eigenvalue weighted by Crippen LogP contribution is -2.38.